The van der Waals surface area contributed by atoms with Crippen LogP contribution in [0, 0.1) is 0 Å². The highest BCUT2D eigenvalue weighted by Crippen LogP contribution is 2.36. The Balaban J connectivity index is 2.24. The summed E-state index contributed by atoms with van der Waals surface area (Å²) in [4.78, 5) is 15.7. The third-order valence-electron chi connectivity index (χ3n) is 3.90. The zero-order valence-corrected chi connectivity index (χ0v) is 11.3. The van der Waals surface area contributed by atoms with Crippen molar-refractivity contribution < 1.29 is 4.79 Å². The van der Waals surface area contributed by atoms with Gasteiger partial charge in [-0.15, -0.1) is 0 Å². The molecule has 0 saturated heterocycles. The lowest BCUT2D eigenvalue weighted by Gasteiger charge is -2.49. The van der Waals surface area contributed by atoms with Crippen molar-refractivity contribution in [3.8, 4) is 0 Å². The standard InChI is InChI=1S/C12H26N4O/c1-15(2)12(7-5-8-12)10-16(3)9-4-6-11(17)14-13/h4-10,13H2,1-3H3,(H,14,17). The molecule has 0 atom stereocenters. The number of nitrogens with one attached hydrogen (secondary N) is 1. The van der Waals surface area contributed by atoms with Crippen molar-refractivity contribution >= 4 is 5.91 Å². The lowest BCUT2D eigenvalue weighted by atomic mass is 9.75. The Morgan fingerprint density at radius 3 is 2.41 bits per heavy atom. The maximum atomic E-state index is 11.0. The number of carbonyl (C=O) groups excluding carboxylic acids is 1. The average molecular weight is 242 g/mol. The van der Waals surface area contributed by atoms with E-state index in [9.17, 15) is 4.79 Å². The first-order valence-electron chi connectivity index (χ1n) is 6.35. The van der Waals surface area contributed by atoms with Gasteiger partial charge < -0.3 is 9.80 Å². The topological polar surface area (TPSA) is 61.6 Å². The first-order chi connectivity index (χ1) is 8.00. The van der Waals surface area contributed by atoms with Crippen LogP contribution in [0.5, 0.6) is 0 Å². The van der Waals surface area contributed by atoms with Crippen LogP contribution in [-0.2, 0) is 4.79 Å². The number of hydrogen-bond acceptors (Lipinski definition) is 4. The van der Waals surface area contributed by atoms with Gasteiger partial charge in [-0.05, 0) is 53.4 Å². The molecule has 5 nitrogen and oxygen atoms in total. The summed E-state index contributed by atoms with van der Waals surface area (Å²) in [5, 5.41) is 0. The summed E-state index contributed by atoms with van der Waals surface area (Å²) in [7, 11) is 6.45. The van der Waals surface area contributed by atoms with Crippen LogP contribution in [-0.4, -0.2) is 55.5 Å². The number of nitrogens with two attached hydrogens (primary N) is 1. The van der Waals surface area contributed by atoms with Crippen molar-refractivity contribution in [3.05, 3.63) is 0 Å². The van der Waals surface area contributed by atoms with Gasteiger partial charge in [0.25, 0.3) is 0 Å². The highest BCUT2D eigenvalue weighted by molar-refractivity contribution is 5.75. The highest BCUT2D eigenvalue weighted by atomic mass is 16.2. The lowest BCUT2D eigenvalue weighted by molar-refractivity contribution is -0.121. The first-order valence-corrected chi connectivity index (χ1v) is 6.35. The molecule has 0 aromatic rings. The molecule has 1 aliphatic rings. The SMILES string of the molecule is CN(CCCC(=O)NN)CC1(N(C)C)CCC1. The van der Waals surface area contributed by atoms with Crippen LogP contribution in [0.15, 0.2) is 0 Å². The normalized spacial score (nSPS) is 18.2. The Morgan fingerprint density at radius 2 is 2.00 bits per heavy atom. The van der Waals surface area contributed by atoms with Gasteiger partial charge in [0.1, 0.15) is 0 Å². The van der Waals surface area contributed by atoms with Crippen molar-refractivity contribution in [2.75, 3.05) is 34.2 Å². The van der Waals surface area contributed by atoms with E-state index in [1.54, 1.807) is 0 Å². The predicted octanol–water partition coefficient (Wildman–Crippen LogP) is 0.173. The van der Waals surface area contributed by atoms with E-state index in [-0.39, 0.29) is 5.91 Å². The van der Waals surface area contributed by atoms with Crippen LogP contribution < -0.4 is 11.3 Å². The Labute approximate surface area is 104 Å². The van der Waals surface area contributed by atoms with E-state index in [1.165, 1.54) is 19.3 Å². The molecule has 0 unspecified atom stereocenters. The highest BCUT2D eigenvalue weighted by Gasteiger charge is 2.39. The van der Waals surface area contributed by atoms with Gasteiger partial charge in [0.15, 0.2) is 0 Å². The summed E-state index contributed by atoms with van der Waals surface area (Å²) in [5.74, 6) is 4.96. The fourth-order valence-electron chi connectivity index (χ4n) is 2.49. The van der Waals surface area contributed by atoms with Gasteiger partial charge in [-0.25, -0.2) is 5.84 Å². The van der Waals surface area contributed by atoms with Crippen molar-refractivity contribution in [2.24, 2.45) is 5.84 Å². The Hall–Kier alpha value is -0.650. The first kappa shape index (κ1) is 14.4. The number of nitrogens with zero attached hydrogens (tertiary/aromatic N) is 2. The number of rotatable bonds is 7. The number of amides is 1. The van der Waals surface area contributed by atoms with Crippen molar-refractivity contribution in [2.45, 2.75) is 37.6 Å². The molecule has 5 heteroatoms. The van der Waals surface area contributed by atoms with Crippen LogP contribution in [0.2, 0.25) is 0 Å². The maximum absolute atomic E-state index is 11.0. The fourth-order valence-corrected chi connectivity index (χ4v) is 2.49. The van der Waals surface area contributed by atoms with E-state index in [0.717, 1.165) is 19.5 Å². The third kappa shape index (κ3) is 3.94. The molecule has 0 heterocycles. The second-order valence-electron chi connectivity index (χ2n) is 5.38. The zero-order chi connectivity index (χ0) is 12.9. The molecule has 1 saturated carbocycles. The third-order valence-corrected chi connectivity index (χ3v) is 3.90. The number of likely N-dealkylation sites (N-methyl/N-ethyl adjacent to an activating group) is 2. The molecule has 1 aliphatic carbocycles. The summed E-state index contributed by atoms with van der Waals surface area (Å²) in [6.45, 7) is 2.03. The van der Waals surface area contributed by atoms with Gasteiger partial charge in [-0.3, -0.25) is 10.2 Å². The van der Waals surface area contributed by atoms with E-state index >= 15 is 0 Å². The van der Waals surface area contributed by atoms with E-state index in [0.29, 0.717) is 12.0 Å². The van der Waals surface area contributed by atoms with Crippen LogP contribution in [0.25, 0.3) is 0 Å². The molecule has 1 amide bonds. The van der Waals surface area contributed by atoms with Gasteiger partial charge in [-0.2, -0.15) is 0 Å². The molecule has 3 N–H and O–H groups in total. The van der Waals surface area contributed by atoms with Gasteiger partial charge in [0, 0.05) is 18.5 Å². The summed E-state index contributed by atoms with van der Waals surface area (Å²) >= 11 is 0. The molecule has 0 aromatic carbocycles. The quantitative estimate of drug-likeness (QED) is 0.380. The van der Waals surface area contributed by atoms with E-state index in [1.807, 2.05) is 0 Å². The van der Waals surface area contributed by atoms with Crippen LogP contribution in [0.1, 0.15) is 32.1 Å². The molecule has 0 radical (unpaired) electrons. The summed E-state index contributed by atoms with van der Waals surface area (Å²) in [5.41, 5.74) is 2.53. The van der Waals surface area contributed by atoms with E-state index in [4.69, 9.17) is 5.84 Å². The second-order valence-corrected chi connectivity index (χ2v) is 5.38. The molecule has 1 fully saturated rings. The summed E-state index contributed by atoms with van der Waals surface area (Å²) < 4.78 is 0. The van der Waals surface area contributed by atoms with Crippen LogP contribution in [0.4, 0.5) is 0 Å². The number of carbonyl (C=O) groups is 1. The fraction of sp³-hybridized carbons (Fsp3) is 0.917. The van der Waals surface area contributed by atoms with Crippen LogP contribution >= 0.6 is 0 Å². The maximum Gasteiger partial charge on any atom is 0.233 e. The van der Waals surface area contributed by atoms with Crippen molar-refractivity contribution in [1.82, 2.24) is 15.2 Å². The minimum Gasteiger partial charge on any atom is -0.305 e. The van der Waals surface area contributed by atoms with Crippen molar-refractivity contribution in [3.63, 3.8) is 0 Å². The number of hydrogen-bond donors (Lipinski definition) is 2. The molecule has 0 spiro atoms. The summed E-state index contributed by atoms with van der Waals surface area (Å²) in [6.07, 6.45) is 5.28. The molecule has 0 bridgehead atoms. The Morgan fingerprint density at radius 1 is 1.35 bits per heavy atom. The van der Waals surface area contributed by atoms with E-state index < -0.39 is 0 Å². The Bertz CT molecular complexity index is 251. The monoisotopic (exact) mass is 242 g/mol. The van der Waals surface area contributed by atoms with Crippen LogP contribution in [0.3, 0.4) is 0 Å². The minimum atomic E-state index is -0.0793. The van der Waals surface area contributed by atoms with Crippen molar-refractivity contribution in [1.29, 1.82) is 0 Å². The zero-order valence-electron chi connectivity index (χ0n) is 11.3. The molecule has 1 rings (SSSR count). The van der Waals surface area contributed by atoms with Gasteiger partial charge in [0.05, 0.1) is 0 Å². The van der Waals surface area contributed by atoms with Gasteiger partial charge in [0.2, 0.25) is 5.91 Å². The van der Waals surface area contributed by atoms with Gasteiger partial charge in [-0.1, -0.05) is 0 Å². The lowest BCUT2D eigenvalue weighted by Crippen LogP contribution is -2.56. The smallest absolute Gasteiger partial charge is 0.233 e. The molecular weight excluding hydrogens is 216 g/mol. The minimum absolute atomic E-state index is 0.0793. The van der Waals surface area contributed by atoms with E-state index in [2.05, 4.69) is 36.4 Å². The molecule has 100 valence electrons. The molecule has 17 heavy (non-hydrogen) atoms. The molecular formula is C12H26N4O. The number of hydrazine groups is 1. The largest absolute Gasteiger partial charge is 0.305 e. The molecule has 0 aliphatic heterocycles. The average Bonchev–Trinajstić information content (AvgIpc) is 2.22. The molecule has 0 aromatic heterocycles. The predicted molar refractivity (Wildman–Crippen MR) is 69.3 cm³/mol. The summed E-state index contributed by atoms with van der Waals surface area (Å²) in [6, 6.07) is 0. The Kier molecular flexibility index (Phi) is 5.36. The van der Waals surface area contributed by atoms with Gasteiger partial charge >= 0.3 is 0 Å². The second kappa shape index (κ2) is 6.33.